The lowest BCUT2D eigenvalue weighted by Gasteiger charge is -2.37. The van der Waals surface area contributed by atoms with Crippen LogP contribution in [0.25, 0.3) is 0 Å². The molecule has 0 aliphatic heterocycles. The smallest absolute Gasteiger partial charge is 0.410 e. The fraction of sp³-hybridized carbons (Fsp3) is 0.941. The topological polar surface area (TPSA) is 29.5 Å². The number of rotatable bonds is 5. The predicted molar refractivity (Wildman–Crippen MR) is 86.0 cm³/mol. The monoisotopic (exact) mass is 285 g/mol. The lowest BCUT2D eigenvalue weighted by molar-refractivity contribution is 0.00931. The normalized spacial score (nSPS) is 13.2. The van der Waals surface area contributed by atoms with Crippen LogP contribution >= 0.6 is 0 Å². The number of carbonyl (C=O) groups excluding carboxylic acids is 1. The van der Waals surface area contributed by atoms with Crippen LogP contribution in [0.15, 0.2) is 0 Å². The number of nitrogens with zero attached hydrogens (tertiary/aromatic N) is 1. The fourth-order valence-corrected chi connectivity index (χ4v) is 1.96. The first-order valence-electron chi connectivity index (χ1n) is 7.71. The first-order chi connectivity index (χ1) is 8.75. The van der Waals surface area contributed by atoms with Gasteiger partial charge in [-0.3, -0.25) is 0 Å². The fourth-order valence-electron chi connectivity index (χ4n) is 1.96. The van der Waals surface area contributed by atoms with Crippen molar-refractivity contribution in [2.45, 2.75) is 92.2 Å². The van der Waals surface area contributed by atoms with Crippen molar-refractivity contribution in [1.29, 1.82) is 0 Å². The minimum atomic E-state index is -0.437. The highest BCUT2D eigenvalue weighted by Gasteiger charge is 2.30. The Hall–Kier alpha value is -0.730. The molecule has 0 rings (SSSR count). The Kier molecular flexibility index (Phi) is 6.57. The Morgan fingerprint density at radius 3 is 1.75 bits per heavy atom. The van der Waals surface area contributed by atoms with Crippen molar-refractivity contribution in [3.8, 4) is 0 Å². The molecule has 3 nitrogen and oxygen atoms in total. The second-order valence-electron chi connectivity index (χ2n) is 8.62. The van der Waals surface area contributed by atoms with Crippen molar-refractivity contribution in [3.63, 3.8) is 0 Å². The van der Waals surface area contributed by atoms with Gasteiger partial charge in [-0.1, -0.05) is 33.6 Å². The molecular formula is C17H35NO2. The Bertz CT molecular complexity index is 308. The van der Waals surface area contributed by atoms with Crippen LogP contribution in [0.4, 0.5) is 4.79 Å². The third-order valence-electron chi connectivity index (χ3n) is 3.54. The van der Waals surface area contributed by atoms with Gasteiger partial charge >= 0.3 is 6.09 Å². The van der Waals surface area contributed by atoms with Crippen molar-refractivity contribution in [2.75, 3.05) is 7.05 Å². The molecule has 120 valence electrons. The third-order valence-corrected chi connectivity index (χ3v) is 3.54. The van der Waals surface area contributed by atoms with E-state index in [1.165, 1.54) is 12.8 Å². The van der Waals surface area contributed by atoms with E-state index in [4.69, 9.17) is 4.74 Å². The molecule has 20 heavy (non-hydrogen) atoms. The summed E-state index contributed by atoms with van der Waals surface area (Å²) >= 11 is 0. The van der Waals surface area contributed by atoms with E-state index in [0.717, 1.165) is 12.8 Å². The lowest BCUT2D eigenvalue weighted by Crippen LogP contribution is -2.47. The summed E-state index contributed by atoms with van der Waals surface area (Å²) < 4.78 is 5.43. The van der Waals surface area contributed by atoms with Crippen molar-refractivity contribution < 1.29 is 9.53 Å². The van der Waals surface area contributed by atoms with Gasteiger partial charge in [0, 0.05) is 12.6 Å². The Morgan fingerprint density at radius 1 is 0.900 bits per heavy atom. The third kappa shape index (κ3) is 8.44. The summed E-state index contributed by atoms with van der Waals surface area (Å²) in [5.41, 5.74) is -0.213. The van der Waals surface area contributed by atoms with Gasteiger partial charge in [-0.25, -0.2) is 4.79 Å². The number of hydrogen-bond donors (Lipinski definition) is 0. The maximum absolute atomic E-state index is 12.1. The molecule has 0 aromatic carbocycles. The van der Waals surface area contributed by atoms with Crippen LogP contribution < -0.4 is 0 Å². The molecule has 0 aliphatic rings. The molecule has 0 atom stereocenters. The van der Waals surface area contributed by atoms with Crippen LogP contribution in [0.5, 0.6) is 0 Å². The summed E-state index contributed by atoms with van der Waals surface area (Å²) in [5.74, 6) is 0. The van der Waals surface area contributed by atoms with Crippen LogP contribution in [-0.4, -0.2) is 29.2 Å². The summed E-state index contributed by atoms with van der Waals surface area (Å²) in [5, 5.41) is 0. The van der Waals surface area contributed by atoms with Crippen LogP contribution in [-0.2, 0) is 4.74 Å². The largest absolute Gasteiger partial charge is 0.444 e. The van der Waals surface area contributed by atoms with E-state index in [1.807, 2.05) is 27.8 Å². The predicted octanol–water partition coefficient (Wildman–Crippen LogP) is 5.24. The number of hydrogen-bond acceptors (Lipinski definition) is 2. The minimum absolute atomic E-state index is 0.166. The Labute approximate surface area is 126 Å². The summed E-state index contributed by atoms with van der Waals surface area (Å²) in [6.45, 7) is 16.7. The Balaban J connectivity index is 4.31. The average Bonchev–Trinajstić information content (AvgIpc) is 2.19. The average molecular weight is 285 g/mol. The van der Waals surface area contributed by atoms with E-state index in [-0.39, 0.29) is 11.6 Å². The minimum Gasteiger partial charge on any atom is -0.444 e. The van der Waals surface area contributed by atoms with Crippen molar-refractivity contribution in [2.24, 2.45) is 5.41 Å². The van der Waals surface area contributed by atoms with E-state index in [1.54, 1.807) is 4.90 Å². The molecule has 0 aliphatic carbocycles. The summed E-state index contributed by atoms with van der Waals surface area (Å²) in [7, 11) is 1.83. The highest BCUT2D eigenvalue weighted by molar-refractivity contribution is 5.68. The van der Waals surface area contributed by atoms with Gasteiger partial charge in [0.05, 0.1) is 0 Å². The van der Waals surface area contributed by atoms with E-state index < -0.39 is 5.60 Å². The van der Waals surface area contributed by atoms with Gasteiger partial charge < -0.3 is 9.64 Å². The molecule has 0 saturated carbocycles. The van der Waals surface area contributed by atoms with Crippen molar-refractivity contribution in [1.82, 2.24) is 4.90 Å². The second-order valence-corrected chi connectivity index (χ2v) is 8.62. The van der Waals surface area contributed by atoms with E-state index in [9.17, 15) is 4.79 Å². The molecule has 1 amide bonds. The van der Waals surface area contributed by atoms with Gasteiger partial charge in [0.15, 0.2) is 0 Å². The standard InChI is InChI=1S/C17H35NO2/c1-15(2,3)12-10-11-13-17(7,8)18(9)14(19)20-16(4,5)6/h10-13H2,1-9H3. The Morgan fingerprint density at radius 2 is 1.35 bits per heavy atom. The second kappa shape index (κ2) is 6.82. The van der Waals surface area contributed by atoms with Gasteiger partial charge in [0.2, 0.25) is 0 Å². The van der Waals surface area contributed by atoms with Crippen LogP contribution in [0.3, 0.4) is 0 Å². The van der Waals surface area contributed by atoms with Crippen LogP contribution in [0.1, 0.15) is 81.1 Å². The molecule has 0 aromatic heterocycles. The SMILES string of the molecule is CN(C(=O)OC(C)(C)C)C(C)(C)CCCCC(C)(C)C. The summed E-state index contributed by atoms with van der Waals surface area (Å²) in [6.07, 6.45) is 4.32. The zero-order valence-electron chi connectivity index (χ0n) is 15.1. The van der Waals surface area contributed by atoms with Crippen LogP contribution in [0, 0.1) is 5.41 Å². The van der Waals surface area contributed by atoms with E-state index >= 15 is 0 Å². The molecular weight excluding hydrogens is 250 g/mol. The molecule has 0 saturated heterocycles. The number of ether oxygens (including phenoxy) is 1. The maximum atomic E-state index is 12.1. The number of amides is 1. The highest BCUT2D eigenvalue weighted by atomic mass is 16.6. The number of unbranched alkanes of at least 4 members (excludes halogenated alkanes) is 1. The quantitative estimate of drug-likeness (QED) is 0.647. The van der Waals surface area contributed by atoms with Gasteiger partial charge in [0.1, 0.15) is 5.60 Å². The zero-order valence-corrected chi connectivity index (χ0v) is 15.1. The first-order valence-corrected chi connectivity index (χ1v) is 7.71. The molecule has 0 spiro atoms. The molecule has 0 aromatic rings. The molecule has 3 heteroatoms. The zero-order chi connectivity index (χ0) is 16.2. The molecule has 0 heterocycles. The molecule has 0 bridgehead atoms. The molecule has 0 radical (unpaired) electrons. The van der Waals surface area contributed by atoms with Gasteiger partial charge in [-0.2, -0.15) is 0 Å². The summed E-state index contributed by atoms with van der Waals surface area (Å²) in [4.78, 5) is 13.8. The van der Waals surface area contributed by atoms with Crippen molar-refractivity contribution in [3.05, 3.63) is 0 Å². The highest BCUT2D eigenvalue weighted by Crippen LogP contribution is 2.26. The first kappa shape index (κ1) is 19.3. The van der Waals surface area contributed by atoms with E-state index in [0.29, 0.717) is 5.41 Å². The van der Waals surface area contributed by atoms with Gasteiger partial charge in [-0.05, 0) is 52.9 Å². The van der Waals surface area contributed by atoms with Gasteiger partial charge in [-0.15, -0.1) is 0 Å². The van der Waals surface area contributed by atoms with Gasteiger partial charge in [0.25, 0.3) is 0 Å². The maximum Gasteiger partial charge on any atom is 0.410 e. The molecule has 0 N–H and O–H groups in total. The van der Waals surface area contributed by atoms with Crippen molar-refractivity contribution >= 4 is 6.09 Å². The molecule has 0 unspecified atom stereocenters. The lowest BCUT2D eigenvalue weighted by atomic mass is 9.87. The van der Waals surface area contributed by atoms with Crippen LogP contribution in [0.2, 0.25) is 0 Å². The number of carbonyl (C=O) groups is 1. The summed E-state index contributed by atoms with van der Waals surface area (Å²) in [6, 6.07) is 0. The molecule has 0 fully saturated rings. The van der Waals surface area contributed by atoms with E-state index in [2.05, 4.69) is 34.6 Å².